The maximum atomic E-state index is 11.9. The van der Waals surface area contributed by atoms with Gasteiger partial charge in [-0.25, -0.2) is 9.59 Å². The largest absolute Gasteiger partial charge is 0.494 e. The van der Waals surface area contributed by atoms with Gasteiger partial charge in [0.1, 0.15) is 17.3 Å². The molecule has 0 saturated carbocycles. The molecule has 0 aliphatic carbocycles. The summed E-state index contributed by atoms with van der Waals surface area (Å²) in [6.45, 7) is 1.56. The van der Waals surface area contributed by atoms with Crippen LogP contribution in [-0.2, 0) is 9.59 Å². The first-order valence-electron chi connectivity index (χ1n) is 8.37. The molecule has 9 nitrogen and oxygen atoms in total. The number of benzene rings is 2. The Morgan fingerprint density at radius 1 is 1.14 bits per heavy atom. The van der Waals surface area contributed by atoms with E-state index in [-0.39, 0.29) is 17.1 Å². The number of carbonyl (C=O) groups is 2. The molecule has 28 heavy (non-hydrogen) atoms. The molecule has 2 aromatic carbocycles. The maximum Gasteiger partial charge on any atom is 0.341 e. The Labute approximate surface area is 161 Å². The Balaban J connectivity index is 2.38. The number of hydrogen-bond acceptors (Lipinski definition) is 6. The van der Waals surface area contributed by atoms with Crippen molar-refractivity contribution >= 4 is 23.5 Å². The summed E-state index contributed by atoms with van der Waals surface area (Å²) in [7, 11) is 0. The summed E-state index contributed by atoms with van der Waals surface area (Å²) in [4.78, 5) is 22.7. The van der Waals surface area contributed by atoms with Crippen LogP contribution in [0.3, 0.4) is 0 Å². The normalized spacial score (nSPS) is 11.3. The highest BCUT2D eigenvalue weighted by molar-refractivity contribution is 5.95. The molecular weight excluding hydrogens is 366 g/mol. The highest BCUT2D eigenvalue weighted by atomic mass is 16.5. The van der Waals surface area contributed by atoms with E-state index < -0.39 is 24.6 Å². The molecular formula is C19H21N3O6. The number of nitrogens with one attached hydrogen (secondary N) is 2. The van der Waals surface area contributed by atoms with E-state index in [9.17, 15) is 14.7 Å². The van der Waals surface area contributed by atoms with E-state index in [1.165, 1.54) is 12.1 Å². The summed E-state index contributed by atoms with van der Waals surface area (Å²) >= 11 is 0. The topological polar surface area (TPSA) is 155 Å². The molecule has 0 aromatic heterocycles. The second-order valence-electron chi connectivity index (χ2n) is 5.72. The Morgan fingerprint density at radius 2 is 1.82 bits per heavy atom. The quantitative estimate of drug-likeness (QED) is 0.306. The van der Waals surface area contributed by atoms with Crippen LogP contribution in [0.15, 0.2) is 42.5 Å². The Kier molecular flexibility index (Phi) is 6.80. The first-order valence-corrected chi connectivity index (χ1v) is 8.37. The van der Waals surface area contributed by atoms with Crippen LogP contribution in [0.25, 0.3) is 0 Å². The van der Waals surface area contributed by atoms with Crippen LogP contribution in [0.1, 0.15) is 24.1 Å². The molecule has 0 bridgehead atoms. The molecule has 2 aromatic rings. The predicted molar refractivity (Wildman–Crippen MR) is 102 cm³/mol. The van der Waals surface area contributed by atoms with E-state index >= 15 is 0 Å². The lowest BCUT2D eigenvalue weighted by atomic mass is 10.0. The minimum Gasteiger partial charge on any atom is -0.494 e. The average Bonchev–Trinajstić information content (AvgIpc) is 2.65. The number of nitrogen functional groups attached to an aromatic ring is 1. The zero-order valence-electron chi connectivity index (χ0n) is 15.1. The van der Waals surface area contributed by atoms with Gasteiger partial charge in [-0.2, -0.15) is 0 Å². The third-order valence-corrected chi connectivity index (χ3v) is 3.71. The second kappa shape index (κ2) is 9.26. The average molecular weight is 387 g/mol. The van der Waals surface area contributed by atoms with Gasteiger partial charge in [-0.1, -0.05) is 0 Å². The van der Waals surface area contributed by atoms with E-state index in [1.54, 1.807) is 37.3 Å². The summed E-state index contributed by atoms with van der Waals surface area (Å²) in [5.74, 6) is -1.93. The first kappa shape index (κ1) is 20.6. The van der Waals surface area contributed by atoms with Gasteiger partial charge in [-0.15, -0.1) is 0 Å². The van der Waals surface area contributed by atoms with Gasteiger partial charge >= 0.3 is 11.9 Å². The lowest BCUT2D eigenvalue weighted by Gasteiger charge is -2.20. The number of carboxylic acid groups (broad SMARTS) is 2. The predicted octanol–water partition coefficient (Wildman–Crippen LogP) is 2.07. The van der Waals surface area contributed by atoms with Gasteiger partial charge in [-0.3, -0.25) is 5.41 Å². The van der Waals surface area contributed by atoms with Gasteiger partial charge in [0.05, 0.1) is 6.61 Å². The van der Waals surface area contributed by atoms with Gasteiger partial charge in [0.25, 0.3) is 0 Å². The van der Waals surface area contributed by atoms with Gasteiger partial charge in [0.15, 0.2) is 12.6 Å². The van der Waals surface area contributed by atoms with Crippen molar-refractivity contribution in [3.05, 3.63) is 53.6 Å². The third-order valence-electron chi connectivity index (χ3n) is 3.71. The van der Waals surface area contributed by atoms with Crippen LogP contribution < -0.4 is 20.5 Å². The molecule has 0 fully saturated rings. The molecule has 9 heteroatoms. The third kappa shape index (κ3) is 5.37. The van der Waals surface area contributed by atoms with Crippen molar-refractivity contribution in [1.29, 1.82) is 5.41 Å². The lowest BCUT2D eigenvalue weighted by Crippen LogP contribution is -2.22. The van der Waals surface area contributed by atoms with Gasteiger partial charge < -0.3 is 30.7 Å². The van der Waals surface area contributed by atoms with Crippen molar-refractivity contribution in [3.8, 4) is 11.5 Å². The minimum absolute atomic E-state index is 0.102. The first-order chi connectivity index (χ1) is 13.3. The molecule has 0 amide bonds. The maximum absolute atomic E-state index is 11.9. The number of hydrogen-bond donors (Lipinski definition) is 5. The summed E-state index contributed by atoms with van der Waals surface area (Å²) in [6, 6.07) is 9.67. The summed E-state index contributed by atoms with van der Waals surface area (Å²) < 4.78 is 10.7. The van der Waals surface area contributed by atoms with E-state index in [0.29, 0.717) is 23.6 Å². The van der Waals surface area contributed by atoms with Gasteiger partial charge in [0, 0.05) is 16.8 Å². The number of rotatable bonds is 10. The number of anilines is 1. The fraction of sp³-hybridized carbons (Fsp3) is 0.211. The van der Waals surface area contributed by atoms with Gasteiger partial charge in [-0.05, 0) is 49.4 Å². The zero-order chi connectivity index (χ0) is 20.7. The smallest absolute Gasteiger partial charge is 0.341 e. The van der Waals surface area contributed by atoms with Crippen molar-refractivity contribution in [2.24, 2.45) is 5.73 Å². The Morgan fingerprint density at radius 3 is 2.36 bits per heavy atom. The molecule has 0 radical (unpaired) electrons. The van der Waals surface area contributed by atoms with Crippen molar-refractivity contribution in [1.82, 2.24) is 0 Å². The SMILES string of the molecule is CCOc1ccc(OCC(=O)O)c([C@H](Nc2ccc(C(=N)N)cc2)C(=O)O)c1. The van der Waals surface area contributed by atoms with Crippen LogP contribution in [0, 0.1) is 5.41 Å². The molecule has 0 spiro atoms. The number of amidine groups is 1. The van der Waals surface area contributed by atoms with Crippen LogP contribution in [0.4, 0.5) is 5.69 Å². The van der Waals surface area contributed by atoms with E-state index in [1.807, 2.05) is 0 Å². The van der Waals surface area contributed by atoms with Crippen LogP contribution >= 0.6 is 0 Å². The van der Waals surface area contributed by atoms with E-state index in [0.717, 1.165) is 0 Å². The standard InChI is InChI=1S/C19H21N3O6/c1-2-27-13-7-8-15(28-10-16(23)24)14(9-13)17(19(25)26)22-12-5-3-11(4-6-12)18(20)21/h3-9,17,22H,2,10H2,1H3,(H3,20,21)(H,23,24)(H,25,26)/t17-/m0/s1. The molecule has 0 saturated heterocycles. The summed E-state index contributed by atoms with van der Waals surface area (Å²) in [5, 5.41) is 28.8. The number of ether oxygens (including phenoxy) is 2. The Bertz CT molecular complexity index is 866. The van der Waals surface area contributed by atoms with Crippen molar-refractivity contribution in [2.45, 2.75) is 13.0 Å². The van der Waals surface area contributed by atoms with Crippen LogP contribution in [0.2, 0.25) is 0 Å². The van der Waals surface area contributed by atoms with E-state index in [4.69, 9.17) is 25.7 Å². The molecule has 0 unspecified atom stereocenters. The lowest BCUT2D eigenvalue weighted by molar-refractivity contribution is -0.139. The molecule has 1 atom stereocenters. The number of aliphatic carboxylic acids is 2. The molecule has 0 heterocycles. The van der Waals surface area contributed by atoms with Crippen molar-refractivity contribution in [2.75, 3.05) is 18.5 Å². The summed E-state index contributed by atoms with van der Waals surface area (Å²) in [5.41, 5.74) is 6.61. The van der Waals surface area contributed by atoms with Crippen molar-refractivity contribution in [3.63, 3.8) is 0 Å². The van der Waals surface area contributed by atoms with Crippen LogP contribution in [-0.4, -0.2) is 41.2 Å². The summed E-state index contributed by atoms with van der Waals surface area (Å²) in [6.07, 6.45) is 0. The molecule has 0 aliphatic rings. The fourth-order valence-electron chi connectivity index (χ4n) is 2.46. The highest BCUT2D eigenvalue weighted by Crippen LogP contribution is 2.32. The molecule has 2 rings (SSSR count). The Hall–Kier alpha value is -3.75. The highest BCUT2D eigenvalue weighted by Gasteiger charge is 2.25. The number of nitrogens with two attached hydrogens (primary N) is 1. The fourth-order valence-corrected chi connectivity index (χ4v) is 2.46. The second-order valence-corrected chi connectivity index (χ2v) is 5.72. The van der Waals surface area contributed by atoms with Crippen LogP contribution in [0.5, 0.6) is 11.5 Å². The minimum atomic E-state index is -1.23. The number of carboxylic acids is 2. The molecule has 148 valence electrons. The monoisotopic (exact) mass is 387 g/mol. The molecule has 0 aliphatic heterocycles. The zero-order valence-corrected chi connectivity index (χ0v) is 15.1. The van der Waals surface area contributed by atoms with Gasteiger partial charge in [0.2, 0.25) is 0 Å². The molecule has 6 N–H and O–H groups in total. The van der Waals surface area contributed by atoms with E-state index in [2.05, 4.69) is 5.32 Å². The van der Waals surface area contributed by atoms with Crippen molar-refractivity contribution < 1.29 is 29.3 Å².